The summed E-state index contributed by atoms with van der Waals surface area (Å²) in [4.78, 5) is 22.0. The van der Waals surface area contributed by atoms with Crippen LogP contribution < -0.4 is 5.32 Å². The quantitative estimate of drug-likeness (QED) is 0.579. The topological polar surface area (TPSA) is 107 Å². The lowest BCUT2D eigenvalue weighted by Crippen LogP contribution is -2.43. The number of fused-ring (bicyclic) bond motifs is 1. The van der Waals surface area contributed by atoms with Crippen LogP contribution in [0.5, 0.6) is 0 Å². The first-order valence-corrected chi connectivity index (χ1v) is 5.52. The maximum Gasteiger partial charge on any atom is 0.352 e. The number of hydrogen-bond donors (Lipinski definition) is 4. The minimum atomic E-state index is -2.90. The van der Waals surface area contributed by atoms with Crippen LogP contribution in [0.25, 0.3) is 0 Å². The monoisotopic (exact) mass is 251 g/mol. The van der Waals surface area contributed by atoms with E-state index in [1.54, 1.807) is 6.07 Å². The standard InChI is InChI=1S/C12H13NO5/c14-10(15)12(18,11(16)17)8-3-4-9-7(6-8)2-1-5-13-9/h3-4,6,13,18H,1-2,5H2,(H,14,15)(H,16,17). The number of carboxylic acids is 2. The van der Waals surface area contributed by atoms with Crippen LogP contribution in [-0.4, -0.2) is 33.8 Å². The summed E-state index contributed by atoms with van der Waals surface area (Å²) in [5.74, 6) is -3.59. The highest BCUT2D eigenvalue weighted by Crippen LogP contribution is 2.29. The molecule has 1 aliphatic rings. The van der Waals surface area contributed by atoms with Crippen molar-refractivity contribution in [1.82, 2.24) is 0 Å². The third kappa shape index (κ3) is 1.80. The first-order valence-electron chi connectivity index (χ1n) is 5.52. The number of nitrogens with one attached hydrogen (secondary N) is 1. The van der Waals surface area contributed by atoms with Crippen molar-refractivity contribution in [3.63, 3.8) is 0 Å². The largest absolute Gasteiger partial charge is 0.478 e. The third-order valence-electron chi connectivity index (χ3n) is 3.08. The molecular weight excluding hydrogens is 238 g/mol. The van der Waals surface area contributed by atoms with E-state index in [0.717, 1.165) is 30.6 Å². The molecule has 0 amide bonds. The van der Waals surface area contributed by atoms with Crippen LogP contribution >= 0.6 is 0 Å². The van der Waals surface area contributed by atoms with Crippen molar-refractivity contribution >= 4 is 17.6 Å². The Labute approximate surface area is 103 Å². The first-order chi connectivity index (χ1) is 8.46. The Kier molecular flexibility index (Phi) is 2.96. The van der Waals surface area contributed by atoms with Gasteiger partial charge in [0.15, 0.2) is 0 Å². The number of carbonyl (C=O) groups is 2. The molecule has 0 saturated carbocycles. The van der Waals surface area contributed by atoms with Crippen LogP contribution in [0, 0.1) is 0 Å². The van der Waals surface area contributed by atoms with E-state index in [0.29, 0.717) is 0 Å². The second kappa shape index (κ2) is 4.30. The van der Waals surface area contributed by atoms with Gasteiger partial charge in [-0.3, -0.25) is 0 Å². The van der Waals surface area contributed by atoms with Crippen LogP contribution in [0.1, 0.15) is 17.5 Å². The number of benzene rings is 1. The van der Waals surface area contributed by atoms with Gasteiger partial charge in [0.05, 0.1) is 0 Å². The Morgan fingerprint density at radius 1 is 1.22 bits per heavy atom. The zero-order valence-corrected chi connectivity index (χ0v) is 9.51. The number of hydrogen-bond acceptors (Lipinski definition) is 4. The van der Waals surface area contributed by atoms with Crippen molar-refractivity contribution in [3.05, 3.63) is 29.3 Å². The van der Waals surface area contributed by atoms with Gasteiger partial charge in [0, 0.05) is 17.8 Å². The fourth-order valence-electron chi connectivity index (χ4n) is 2.04. The summed E-state index contributed by atoms with van der Waals surface area (Å²) >= 11 is 0. The molecule has 0 fully saturated rings. The van der Waals surface area contributed by atoms with Gasteiger partial charge in [0.25, 0.3) is 5.60 Å². The Balaban J connectivity index is 2.50. The molecule has 0 saturated heterocycles. The Hall–Kier alpha value is -2.08. The average molecular weight is 251 g/mol. The zero-order chi connectivity index (χ0) is 13.3. The van der Waals surface area contributed by atoms with Crippen LogP contribution in [0.3, 0.4) is 0 Å². The SMILES string of the molecule is O=C(O)C(O)(C(=O)O)c1ccc2c(c1)CCCN2. The molecule has 18 heavy (non-hydrogen) atoms. The summed E-state index contributed by atoms with van der Waals surface area (Å²) in [5, 5.41) is 30.8. The maximum atomic E-state index is 11.0. The van der Waals surface area contributed by atoms with Crippen molar-refractivity contribution in [2.24, 2.45) is 0 Å². The maximum absolute atomic E-state index is 11.0. The molecule has 4 N–H and O–H groups in total. The average Bonchev–Trinajstić information content (AvgIpc) is 2.36. The molecule has 2 rings (SSSR count). The van der Waals surface area contributed by atoms with E-state index in [4.69, 9.17) is 10.2 Å². The van der Waals surface area contributed by atoms with Gasteiger partial charge in [-0.1, -0.05) is 6.07 Å². The smallest absolute Gasteiger partial charge is 0.352 e. The second-order valence-electron chi connectivity index (χ2n) is 4.22. The predicted octanol–water partition coefficient (Wildman–Crippen LogP) is 0.401. The van der Waals surface area contributed by atoms with Crippen molar-refractivity contribution in [1.29, 1.82) is 0 Å². The van der Waals surface area contributed by atoms with Crippen LogP contribution in [0.2, 0.25) is 0 Å². The Bertz CT molecular complexity index is 497. The molecule has 1 aliphatic heterocycles. The fourth-order valence-corrected chi connectivity index (χ4v) is 2.04. The summed E-state index contributed by atoms with van der Waals surface area (Å²) in [6.45, 7) is 0.828. The molecule has 6 heteroatoms. The summed E-state index contributed by atoms with van der Waals surface area (Å²) in [7, 11) is 0. The van der Waals surface area contributed by atoms with Crippen molar-refractivity contribution in [2.45, 2.75) is 18.4 Å². The highest BCUT2D eigenvalue weighted by Gasteiger charge is 2.46. The van der Waals surface area contributed by atoms with E-state index < -0.39 is 17.5 Å². The highest BCUT2D eigenvalue weighted by molar-refractivity contribution is 6.02. The number of rotatable bonds is 3. The minimum Gasteiger partial charge on any atom is -0.478 e. The number of aliphatic hydroxyl groups is 1. The number of carboxylic acid groups (broad SMARTS) is 2. The van der Waals surface area contributed by atoms with Gasteiger partial charge < -0.3 is 20.6 Å². The molecule has 6 nitrogen and oxygen atoms in total. The van der Waals surface area contributed by atoms with E-state index >= 15 is 0 Å². The lowest BCUT2D eigenvalue weighted by atomic mass is 9.90. The number of aryl methyl sites for hydroxylation is 1. The molecular formula is C12H13NO5. The molecule has 1 aromatic carbocycles. The van der Waals surface area contributed by atoms with Crippen LogP contribution in [0.4, 0.5) is 5.69 Å². The summed E-state index contributed by atoms with van der Waals surface area (Å²) in [5.41, 5.74) is -1.36. The molecule has 0 unspecified atom stereocenters. The fraction of sp³-hybridized carbons (Fsp3) is 0.333. The molecule has 0 atom stereocenters. The molecule has 0 aliphatic carbocycles. The predicted molar refractivity (Wildman–Crippen MR) is 62.4 cm³/mol. The molecule has 1 heterocycles. The van der Waals surface area contributed by atoms with E-state index in [2.05, 4.69) is 5.32 Å². The van der Waals surface area contributed by atoms with Gasteiger partial charge in [-0.05, 0) is 30.5 Å². The van der Waals surface area contributed by atoms with Gasteiger partial charge in [-0.15, -0.1) is 0 Å². The van der Waals surface area contributed by atoms with E-state index in [1.165, 1.54) is 12.1 Å². The molecule has 96 valence electrons. The molecule has 1 aromatic rings. The molecule has 0 spiro atoms. The molecule has 0 bridgehead atoms. The summed E-state index contributed by atoms with van der Waals surface area (Å²) in [6, 6.07) is 4.35. The molecule has 0 radical (unpaired) electrons. The number of anilines is 1. The minimum absolute atomic E-state index is 0.134. The van der Waals surface area contributed by atoms with Crippen molar-refractivity contribution in [2.75, 3.05) is 11.9 Å². The molecule has 0 aromatic heterocycles. The van der Waals surface area contributed by atoms with Gasteiger partial charge >= 0.3 is 11.9 Å². The van der Waals surface area contributed by atoms with Crippen LogP contribution in [-0.2, 0) is 21.6 Å². The second-order valence-corrected chi connectivity index (χ2v) is 4.22. The highest BCUT2D eigenvalue weighted by atomic mass is 16.4. The van der Waals surface area contributed by atoms with Gasteiger partial charge in [-0.2, -0.15) is 0 Å². The number of aliphatic carboxylic acids is 2. The van der Waals surface area contributed by atoms with E-state index in [9.17, 15) is 14.7 Å². The summed E-state index contributed by atoms with van der Waals surface area (Å²) < 4.78 is 0. The lowest BCUT2D eigenvalue weighted by molar-refractivity contribution is -0.177. The van der Waals surface area contributed by atoms with Gasteiger partial charge in [0.2, 0.25) is 0 Å². The van der Waals surface area contributed by atoms with Gasteiger partial charge in [-0.25, -0.2) is 9.59 Å². The third-order valence-corrected chi connectivity index (χ3v) is 3.08. The normalized spacial score (nSPS) is 14.5. The van der Waals surface area contributed by atoms with E-state index in [-0.39, 0.29) is 5.56 Å². The Morgan fingerprint density at radius 3 is 2.50 bits per heavy atom. The van der Waals surface area contributed by atoms with Crippen molar-refractivity contribution < 1.29 is 24.9 Å². The van der Waals surface area contributed by atoms with Crippen molar-refractivity contribution in [3.8, 4) is 0 Å². The lowest BCUT2D eigenvalue weighted by Gasteiger charge is -2.23. The first kappa shape index (κ1) is 12.4. The Morgan fingerprint density at radius 2 is 1.89 bits per heavy atom. The summed E-state index contributed by atoms with van der Waals surface area (Å²) in [6.07, 6.45) is 1.61. The zero-order valence-electron chi connectivity index (χ0n) is 9.51. The van der Waals surface area contributed by atoms with Gasteiger partial charge in [0.1, 0.15) is 0 Å². The van der Waals surface area contributed by atoms with E-state index in [1.807, 2.05) is 0 Å². The van der Waals surface area contributed by atoms with Crippen LogP contribution in [0.15, 0.2) is 18.2 Å².